The van der Waals surface area contributed by atoms with Crippen LogP contribution in [0.25, 0.3) is 43.6 Å². The van der Waals surface area contributed by atoms with E-state index in [0.717, 1.165) is 54.7 Å². The molecule has 164 valence electrons. The average Bonchev–Trinajstić information content (AvgIpc) is 3.51. The van der Waals surface area contributed by atoms with Crippen molar-refractivity contribution in [2.24, 2.45) is 0 Å². The Labute approximate surface area is 187 Å². The van der Waals surface area contributed by atoms with Crippen molar-refractivity contribution in [3.8, 4) is 0 Å². The van der Waals surface area contributed by atoms with Gasteiger partial charge >= 0.3 is 0 Å². The second-order valence-corrected chi connectivity index (χ2v) is 9.67. The second kappa shape index (κ2) is 5.39. The number of hydrogen-bond acceptors (Lipinski definition) is 4. The van der Waals surface area contributed by atoms with E-state index < -0.39 is 24.2 Å². The first-order valence-corrected chi connectivity index (χ1v) is 11.3. The van der Waals surface area contributed by atoms with Crippen LogP contribution in [0.3, 0.4) is 0 Å². The Morgan fingerprint density at radius 1 is 1.06 bits per heavy atom. The predicted octanol–water partition coefficient (Wildman–Crippen LogP) is 3.47. The molecular weight excluding hydrogens is 418 g/mol. The fourth-order valence-corrected chi connectivity index (χ4v) is 6.73. The first kappa shape index (κ1) is 18.1. The van der Waals surface area contributed by atoms with Gasteiger partial charge in [0.25, 0.3) is 5.91 Å². The molecule has 3 N–H and O–H groups in total. The van der Waals surface area contributed by atoms with E-state index in [9.17, 15) is 15.0 Å². The molecule has 33 heavy (non-hydrogen) atoms. The third-order valence-corrected chi connectivity index (χ3v) is 8.23. The maximum absolute atomic E-state index is 13.2. The van der Waals surface area contributed by atoms with E-state index in [1.165, 1.54) is 0 Å². The van der Waals surface area contributed by atoms with Crippen molar-refractivity contribution in [1.29, 1.82) is 0 Å². The van der Waals surface area contributed by atoms with Gasteiger partial charge in [-0.1, -0.05) is 36.4 Å². The van der Waals surface area contributed by atoms with Crippen molar-refractivity contribution in [1.82, 2.24) is 14.5 Å². The monoisotopic (exact) mass is 439 g/mol. The van der Waals surface area contributed by atoms with E-state index in [2.05, 4.69) is 20.5 Å². The van der Waals surface area contributed by atoms with Crippen molar-refractivity contribution in [2.45, 2.75) is 37.4 Å². The van der Waals surface area contributed by atoms with E-state index in [1.807, 2.05) is 49.4 Å². The SMILES string of the molecule is C[C@]12O[C@H](C[C@@]1(O)CO)n1c3ccccc3c3c4c(c5c6ccccc6n2c5c31)CNC4=O. The number of benzene rings is 3. The first-order chi connectivity index (χ1) is 16.0. The highest BCUT2D eigenvalue weighted by atomic mass is 16.6. The van der Waals surface area contributed by atoms with Crippen molar-refractivity contribution >= 4 is 49.5 Å². The lowest BCUT2D eigenvalue weighted by Gasteiger charge is -2.38. The molecule has 5 aromatic rings. The number of aliphatic hydroxyl groups excluding tert-OH is 1. The molecule has 7 heteroatoms. The minimum atomic E-state index is -1.48. The molecule has 1 saturated heterocycles. The average molecular weight is 439 g/mol. The van der Waals surface area contributed by atoms with Gasteiger partial charge in [0.2, 0.25) is 0 Å². The van der Waals surface area contributed by atoms with Crippen LogP contribution in [0.5, 0.6) is 0 Å². The highest BCUT2D eigenvalue weighted by molar-refractivity contribution is 6.31. The van der Waals surface area contributed by atoms with Gasteiger partial charge in [-0.25, -0.2) is 0 Å². The number of carbonyl (C=O) groups is 1. The minimum Gasteiger partial charge on any atom is -0.393 e. The number of rotatable bonds is 1. The summed E-state index contributed by atoms with van der Waals surface area (Å²) < 4.78 is 10.9. The molecule has 3 aliphatic rings. The van der Waals surface area contributed by atoms with E-state index in [-0.39, 0.29) is 12.3 Å². The van der Waals surface area contributed by atoms with Crippen LogP contribution < -0.4 is 5.32 Å². The number of hydrogen-bond donors (Lipinski definition) is 3. The molecule has 2 aromatic heterocycles. The summed E-state index contributed by atoms with van der Waals surface area (Å²) in [5, 5.41) is 29.1. The third kappa shape index (κ3) is 1.75. The van der Waals surface area contributed by atoms with Crippen molar-refractivity contribution in [2.75, 3.05) is 6.61 Å². The summed E-state index contributed by atoms with van der Waals surface area (Å²) in [5.41, 5.74) is 2.80. The summed E-state index contributed by atoms with van der Waals surface area (Å²) in [6.07, 6.45) is -0.247. The van der Waals surface area contributed by atoms with Crippen molar-refractivity contribution in [3.63, 3.8) is 0 Å². The summed E-state index contributed by atoms with van der Waals surface area (Å²) in [5.74, 6) is -0.0555. The summed E-state index contributed by atoms with van der Waals surface area (Å²) >= 11 is 0. The fraction of sp³-hybridized carbons (Fsp3) is 0.269. The highest BCUT2D eigenvalue weighted by Gasteiger charge is 2.60. The maximum atomic E-state index is 13.2. The third-order valence-electron chi connectivity index (χ3n) is 8.23. The number of nitrogens with zero attached hydrogens (tertiary/aromatic N) is 2. The number of para-hydroxylation sites is 2. The van der Waals surface area contributed by atoms with Crippen LogP contribution in [0.2, 0.25) is 0 Å². The van der Waals surface area contributed by atoms with Crippen LogP contribution in [0, 0.1) is 0 Å². The molecule has 2 bridgehead atoms. The number of aliphatic hydroxyl groups is 2. The van der Waals surface area contributed by atoms with Crippen LogP contribution >= 0.6 is 0 Å². The Morgan fingerprint density at radius 2 is 1.76 bits per heavy atom. The largest absolute Gasteiger partial charge is 0.393 e. The summed E-state index contributed by atoms with van der Waals surface area (Å²) in [6.45, 7) is 1.91. The molecule has 0 spiro atoms. The van der Waals surface area contributed by atoms with Gasteiger partial charge in [-0.15, -0.1) is 0 Å². The van der Waals surface area contributed by atoms with Gasteiger partial charge in [-0.05, 0) is 24.6 Å². The number of fused-ring (bicyclic) bond motifs is 13. The van der Waals surface area contributed by atoms with Crippen LogP contribution in [0.1, 0.15) is 35.5 Å². The van der Waals surface area contributed by atoms with Crippen LogP contribution in [-0.4, -0.2) is 37.5 Å². The highest BCUT2D eigenvalue weighted by Crippen LogP contribution is 2.57. The fourth-order valence-electron chi connectivity index (χ4n) is 6.73. The van der Waals surface area contributed by atoms with Crippen molar-refractivity contribution < 1.29 is 19.7 Å². The molecule has 1 amide bonds. The summed E-state index contributed by atoms with van der Waals surface area (Å²) in [7, 11) is 0. The Kier molecular flexibility index (Phi) is 2.95. The molecule has 7 nitrogen and oxygen atoms in total. The lowest BCUT2D eigenvalue weighted by atomic mass is 9.89. The van der Waals surface area contributed by atoms with Gasteiger partial charge in [0.15, 0.2) is 5.72 Å². The zero-order valence-corrected chi connectivity index (χ0v) is 17.9. The van der Waals surface area contributed by atoms with E-state index in [1.54, 1.807) is 0 Å². The van der Waals surface area contributed by atoms with Gasteiger partial charge in [0.05, 0.1) is 34.2 Å². The molecule has 5 heterocycles. The number of ether oxygens (including phenoxy) is 1. The molecule has 3 atom stereocenters. The minimum absolute atomic E-state index is 0.0555. The Balaban J connectivity index is 1.78. The van der Waals surface area contributed by atoms with Gasteiger partial charge in [-0.2, -0.15) is 0 Å². The zero-order chi connectivity index (χ0) is 22.3. The molecule has 0 radical (unpaired) electrons. The topological polar surface area (TPSA) is 88.7 Å². The van der Waals surface area contributed by atoms with Crippen LogP contribution in [0.4, 0.5) is 0 Å². The molecule has 0 aliphatic carbocycles. The number of nitrogens with one attached hydrogen (secondary N) is 1. The van der Waals surface area contributed by atoms with E-state index >= 15 is 0 Å². The molecule has 1 fully saturated rings. The Morgan fingerprint density at radius 3 is 2.52 bits per heavy atom. The summed E-state index contributed by atoms with van der Waals surface area (Å²) in [6, 6.07) is 16.1. The number of aromatic nitrogens is 2. The number of carbonyl (C=O) groups excluding carboxylic acids is 1. The van der Waals surface area contributed by atoms with Crippen molar-refractivity contribution in [3.05, 3.63) is 59.7 Å². The standard InChI is InChI=1S/C26H21N3O4/c1-25-26(32,12-30)10-18(33-25)28-16-8-4-2-6-13(16)20-21-15(11-27-24(21)31)19-14-7-3-5-9-17(14)29(25)23(19)22(20)28/h2-9,18,30,32H,10-12H2,1H3,(H,27,31)/t18-,25+,26-/m1/s1. The first-order valence-electron chi connectivity index (χ1n) is 11.3. The van der Waals surface area contributed by atoms with Gasteiger partial charge in [0, 0.05) is 34.5 Å². The molecular formula is C26H21N3O4. The quantitative estimate of drug-likeness (QED) is 0.373. The van der Waals surface area contributed by atoms with E-state index in [4.69, 9.17) is 4.74 Å². The molecule has 3 aromatic carbocycles. The van der Waals surface area contributed by atoms with Crippen LogP contribution in [0.15, 0.2) is 48.5 Å². The molecule has 0 saturated carbocycles. The Hall–Kier alpha value is -3.39. The zero-order valence-electron chi connectivity index (χ0n) is 17.9. The van der Waals surface area contributed by atoms with E-state index in [0.29, 0.717) is 6.54 Å². The van der Waals surface area contributed by atoms with Gasteiger partial charge in [-0.3, -0.25) is 4.79 Å². The second-order valence-electron chi connectivity index (χ2n) is 9.67. The van der Waals surface area contributed by atoms with Gasteiger partial charge in [0.1, 0.15) is 11.8 Å². The van der Waals surface area contributed by atoms with Gasteiger partial charge < -0.3 is 29.4 Å². The molecule has 3 aliphatic heterocycles. The van der Waals surface area contributed by atoms with Crippen LogP contribution in [-0.2, 0) is 17.0 Å². The molecule has 0 unspecified atom stereocenters. The summed E-state index contributed by atoms with van der Waals surface area (Å²) in [4.78, 5) is 13.2. The lowest BCUT2D eigenvalue weighted by molar-refractivity contribution is -0.189. The Bertz CT molecular complexity index is 1730. The predicted molar refractivity (Wildman–Crippen MR) is 124 cm³/mol. The maximum Gasteiger partial charge on any atom is 0.252 e. The lowest BCUT2D eigenvalue weighted by Crippen LogP contribution is -2.53. The normalized spacial score (nSPS) is 27.8. The smallest absolute Gasteiger partial charge is 0.252 e. The molecule has 8 rings (SSSR count). The number of amides is 1.